The summed E-state index contributed by atoms with van der Waals surface area (Å²) < 4.78 is 12.8. The van der Waals surface area contributed by atoms with Gasteiger partial charge in [-0.3, -0.25) is 9.59 Å². The molecule has 1 atom stereocenters. The molecule has 0 saturated heterocycles. The third kappa shape index (κ3) is 2.63. The lowest BCUT2D eigenvalue weighted by Gasteiger charge is -2.26. The molecule has 2 aliphatic heterocycles. The third-order valence-electron chi connectivity index (χ3n) is 4.95. The molecular formula is C19H17N5O4. The SMILES string of the molecule is Cc1nn(-c2ccc(=O)[nH]n2)c2c1C(c1ccc3c(c1)OCCO3)CC(=O)N2. The molecule has 1 unspecified atom stereocenters. The predicted molar refractivity (Wildman–Crippen MR) is 99.2 cm³/mol. The minimum atomic E-state index is -0.306. The number of nitrogens with one attached hydrogen (secondary N) is 2. The van der Waals surface area contributed by atoms with E-state index in [9.17, 15) is 9.59 Å². The average molecular weight is 379 g/mol. The Labute approximate surface area is 159 Å². The molecule has 28 heavy (non-hydrogen) atoms. The standard InChI is InChI=1S/C19H17N5O4/c1-10-18-12(11-2-3-13-14(8-11)28-7-6-27-13)9-17(26)20-19(18)24(23-10)15-4-5-16(25)22-21-15/h2-5,8,12H,6-7,9H2,1H3,(H,20,26)(H,22,25). The van der Waals surface area contributed by atoms with Gasteiger partial charge in [-0.25, -0.2) is 5.10 Å². The Morgan fingerprint density at radius 1 is 1.11 bits per heavy atom. The first kappa shape index (κ1) is 16.5. The number of amides is 1. The zero-order valence-corrected chi connectivity index (χ0v) is 15.1. The van der Waals surface area contributed by atoms with E-state index in [4.69, 9.17) is 9.47 Å². The van der Waals surface area contributed by atoms with E-state index in [1.807, 2.05) is 25.1 Å². The van der Waals surface area contributed by atoms with E-state index >= 15 is 0 Å². The summed E-state index contributed by atoms with van der Waals surface area (Å²) in [5, 5.41) is 13.9. The molecule has 3 aromatic rings. The number of aromatic amines is 1. The van der Waals surface area contributed by atoms with Crippen molar-refractivity contribution in [3.8, 4) is 17.3 Å². The topological polar surface area (TPSA) is 111 Å². The molecule has 0 fully saturated rings. The first-order chi connectivity index (χ1) is 13.6. The van der Waals surface area contributed by atoms with E-state index in [2.05, 4.69) is 20.6 Å². The van der Waals surface area contributed by atoms with E-state index in [0.717, 1.165) is 16.8 Å². The quantitative estimate of drug-likeness (QED) is 0.698. The normalized spacial score (nSPS) is 17.8. The van der Waals surface area contributed by atoms with Crippen molar-refractivity contribution in [2.75, 3.05) is 18.5 Å². The Balaban J connectivity index is 1.63. The van der Waals surface area contributed by atoms with Gasteiger partial charge in [-0.15, -0.1) is 0 Å². The zero-order valence-electron chi connectivity index (χ0n) is 15.1. The largest absolute Gasteiger partial charge is 0.486 e. The third-order valence-corrected chi connectivity index (χ3v) is 4.95. The molecule has 0 aliphatic carbocycles. The van der Waals surface area contributed by atoms with Crippen molar-refractivity contribution < 1.29 is 14.3 Å². The lowest BCUT2D eigenvalue weighted by molar-refractivity contribution is -0.116. The highest BCUT2D eigenvalue weighted by atomic mass is 16.6. The van der Waals surface area contributed by atoms with Crippen LogP contribution in [0.4, 0.5) is 5.82 Å². The maximum absolute atomic E-state index is 12.5. The second-order valence-electron chi connectivity index (χ2n) is 6.75. The van der Waals surface area contributed by atoms with Gasteiger partial charge in [-0.05, 0) is 30.7 Å². The van der Waals surface area contributed by atoms with Crippen LogP contribution in [0.15, 0.2) is 35.1 Å². The summed E-state index contributed by atoms with van der Waals surface area (Å²) in [7, 11) is 0. The van der Waals surface area contributed by atoms with Gasteiger partial charge in [-0.1, -0.05) is 6.07 Å². The van der Waals surface area contributed by atoms with Crippen molar-refractivity contribution >= 4 is 11.7 Å². The molecule has 2 N–H and O–H groups in total. The van der Waals surface area contributed by atoms with Crippen LogP contribution in [0.2, 0.25) is 0 Å². The summed E-state index contributed by atoms with van der Waals surface area (Å²) in [6, 6.07) is 8.69. The number of hydrogen-bond donors (Lipinski definition) is 2. The highest BCUT2D eigenvalue weighted by Crippen LogP contribution is 2.42. The van der Waals surface area contributed by atoms with Gasteiger partial charge in [0.15, 0.2) is 17.3 Å². The highest BCUT2D eigenvalue weighted by molar-refractivity contribution is 5.95. The van der Waals surface area contributed by atoms with Gasteiger partial charge >= 0.3 is 0 Å². The zero-order chi connectivity index (χ0) is 19.3. The first-order valence-corrected chi connectivity index (χ1v) is 8.95. The monoisotopic (exact) mass is 379 g/mol. The van der Waals surface area contributed by atoms with Crippen molar-refractivity contribution in [1.82, 2.24) is 20.0 Å². The number of rotatable bonds is 2. The lowest BCUT2D eigenvalue weighted by Crippen LogP contribution is -2.25. The average Bonchev–Trinajstić information content (AvgIpc) is 3.04. The van der Waals surface area contributed by atoms with Gasteiger partial charge in [0, 0.05) is 24.0 Å². The van der Waals surface area contributed by atoms with Gasteiger partial charge in [0.1, 0.15) is 19.0 Å². The van der Waals surface area contributed by atoms with Gasteiger partial charge in [0.2, 0.25) is 5.91 Å². The first-order valence-electron chi connectivity index (χ1n) is 8.95. The fourth-order valence-electron chi connectivity index (χ4n) is 3.73. The van der Waals surface area contributed by atoms with Gasteiger partial charge in [0.05, 0.1) is 5.69 Å². The number of carbonyl (C=O) groups excluding carboxylic acids is 1. The number of carbonyl (C=O) groups is 1. The molecule has 9 heteroatoms. The minimum absolute atomic E-state index is 0.113. The van der Waals surface area contributed by atoms with Crippen molar-refractivity contribution in [2.45, 2.75) is 19.3 Å². The van der Waals surface area contributed by atoms with E-state index in [-0.39, 0.29) is 17.4 Å². The van der Waals surface area contributed by atoms with Crippen LogP contribution < -0.4 is 20.3 Å². The number of aromatic nitrogens is 4. The lowest BCUT2D eigenvalue weighted by atomic mass is 9.85. The van der Waals surface area contributed by atoms with Crippen molar-refractivity contribution in [3.05, 3.63) is 57.5 Å². The van der Waals surface area contributed by atoms with Crippen molar-refractivity contribution in [3.63, 3.8) is 0 Å². The molecule has 4 heterocycles. The molecule has 2 aromatic heterocycles. The van der Waals surface area contributed by atoms with Crippen LogP contribution in [0.3, 0.4) is 0 Å². The predicted octanol–water partition coefficient (Wildman–Crippen LogP) is 1.51. The fourth-order valence-corrected chi connectivity index (χ4v) is 3.73. The molecule has 1 amide bonds. The van der Waals surface area contributed by atoms with E-state index < -0.39 is 0 Å². The second-order valence-corrected chi connectivity index (χ2v) is 6.75. The Hall–Kier alpha value is -3.62. The minimum Gasteiger partial charge on any atom is -0.486 e. The van der Waals surface area contributed by atoms with E-state index in [0.29, 0.717) is 42.8 Å². The fraction of sp³-hybridized carbons (Fsp3) is 0.263. The number of benzene rings is 1. The highest BCUT2D eigenvalue weighted by Gasteiger charge is 2.33. The van der Waals surface area contributed by atoms with Gasteiger partial charge < -0.3 is 14.8 Å². The van der Waals surface area contributed by atoms with Crippen LogP contribution in [-0.4, -0.2) is 39.1 Å². The van der Waals surface area contributed by atoms with Crippen LogP contribution in [0, 0.1) is 6.92 Å². The molecule has 9 nitrogen and oxygen atoms in total. The van der Waals surface area contributed by atoms with Crippen LogP contribution >= 0.6 is 0 Å². The number of ether oxygens (including phenoxy) is 2. The smallest absolute Gasteiger partial charge is 0.264 e. The summed E-state index contributed by atoms with van der Waals surface area (Å²) in [4.78, 5) is 23.8. The number of H-pyrrole nitrogens is 1. The van der Waals surface area contributed by atoms with Crippen LogP contribution in [0.1, 0.15) is 29.2 Å². The summed E-state index contributed by atoms with van der Waals surface area (Å²) in [5.41, 5.74) is 2.35. The van der Waals surface area contributed by atoms with Crippen LogP contribution in [-0.2, 0) is 4.79 Å². The van der Waals surface area contributed by atoms with Gasteiger partial charge in [-0.2, -0.15) is 14.9 Å². The number of fused-ring (bicyclic) bond motifs is 2. The van der Waals surface area contributed by atoms with Crippen LogP contribution in [0.25, 0.3) is 5.82 Å². The second kappa shape index (κ2) is 6.22. The molecule has 0 radical (unpaired) electrons. The Kier molecular flexibility index (Phi) is 3.68. The number of anilines is 1. The number of aryl methyl sites for hydroxylation is 1. The Morgan fingerprint density at radius 2 is 1.93 bits per heavy atom. The summed E-state index contributed by atoms with van der Waals surface area (Å²) in [5.74, 6) is 2.10. The maximum atomic E-state index is 12.5. The van der Waals surface area contributed by atoms with E-state index in [1.54, 1.807) is 10.7 Å². The molecule has 142 valence electrons. The van der Waals surface area contributed by atoms with Crippen molar-refractivity contribution in [1.29, 1.82) is 0 Å². The molecule has 0 spiro atoms. The molecule has 0 bridgehead atoms. The van der Waals surface area contributed by atoms with Gasteiger partial charge in [0.25, 0.3) is 5.56 Å². The Bertz CT molecular complexity index is 1130. The Morgan fingerprint density at radius 3 is 2.71 bits per heavy atom. The molecule has 2 aliphatic rings. The summed E-state index contributed by atoms with van der Waals surface area (Å²) >= 11 is 0. The molecular weight excluding hydrogens is 362 g/mol. The number of hydrogen-bond acceptors (Lipinski definition) is 6. The molecule has 5 rings (SSSR count). The van der Waals surface area contributed by atoms with Crippen LogP contribution in [0.5, 0.6) is 11.5 Å². The summed E-state index contributed by atoms with van der Waals surface area (Å²) in [6.07, 6.45) is 0.304. The molecule has 0 saturated carbocycles. The maximum Gasteiger partial charge on any atom is 0.264 e. The van der Waals surface area contributed by atoms with Crippen molar-refractivity contribution in [2.24, 2.45) is 0 Å². The summed E-state index contributed by atoms with van der Waals surface area (Å²) in [6.45, 7) is 2.92. The molecule has 1 aromatic carbocycles. The number of nitrogens with zero attached hydrogens (tertiary/aromatic N) is 3. The van der Waals surface area contributed by atoms with E-state index in [1.165, 1.54) is 6.07 Å².